The standard InChI is InChI=1S/C14H8Cl2N4O3/c15-7-2-1-5(3-8(7)16)9-6(4-17)11(18)23-13-10(9)12(21)19-14(22)20-13/h1-3,9H,18H2,(H2,19,20,21,22)/t9-/m1/s1. The van der Waals surface area contributed by atoms with Gasteiger partial charge >= 0.3 is 5.69 Å². The average Bonchev–Trinajstić information content (AvgIpc) is 2.48. The van der Waals surface area contributed by atoms with Gasteiger partial charge < -0.3 is 10.5 Å². The van der Waals surface area contributed by atoms with Crippen LogP contribution in [-0.4, -0.2) is 9.97 Å². The van der Waals surface area contributed by atoms with E-state index in [-0.39, 0.29) is 27.9 Å². The summed E-state index contributed by atoms with van der Waals surface area (Å²) in [6.07, 6.45) is 0. The Morgan fingerprint density at radius 1 is 1.22 bits per heavy atom. The van der Waals surface area contributed by atoms with Crippen molar-refractivity contribution in [3.05, 3.63) is 71.7 Å². The Kier molecular flexibility index (Phi) is 3.64. The number of nitrogens with two attached hydrogens (primary N) is 1. The monoisotopic (exact) mass is 350 g/mol. The Morgan fingerprint density at radius 3 is 2.61 bits per heavy atom. The summed E-state index contributed by atoms with van der Waals surface area (Å²) >= 11 is 11.9. The van der Waals surface area contributed by atoms with Crippen molar-refractivity contribution in [1.82, 2.24) is 9.97 Å². The summed E-state index contributed by atoms with van der Waals surface area (Å²) in [6, 6.07) is 6.61. The van der Waals surface area contributed by atoms with Crippen LogP contribution in [0, 0.1) is 11.3 Å². The normalized spacial score (nSPS) is 16.5. The maximum Gasteiger partial charge on any atom is 0.328 e. The minimum atomic E-state index is -0.834. The molecule has 1 aliphatic rings. The molecule has 0 amide bonds. The molecule has 7 nitrogen and oxygen atoms in total. The zero-order valence-corrected chi connectivity index (χ0v) is 12.8. The molecule has 0 bridgehead atoms. The van der Waals surface area contributed by atoms with E-state index >= 15 is 0 Å². The Morgan fingerprint density at radius 2 is 1.96 bits per heavy atom. The second-order valence-electron chi connectivity index (χ2n) is 4.75. The molecule has 2 aromatic rings. The number of hydrogen-bond donors (Lipinski definition) is 3. The number of H-pyrrole nitrogens is 2. The lowest BCUT2D eigenvalue weighted by atomic mass is 9.85. The van der Waals surface area contributed by atoms with Crippen molar-refractivity contribution in [1.29, 1.82) is 5.26 Å². The molecule has 0 aliphatic carbocycles. The zero-order valence-electron chi connectivity index (χ0n) is 11.3. The molecular weight excluding hydrogens is 343 g/mol. The second-order valence-corrected chi connectivity index (χ2v) is 5.56. The largest absolute Gasteiger partial charge is 0.424 e. The van der Waals surface area contributed by atoms with Gasteiger partial charge in [-0.3, -0.25) is 14.8 Å². The van der Waals surface area contributed by atoms with Gasteiger partial charge in [0.2, 0.25) is 11.8 Å². The van der Waals surface area contributed by atoms with Crippen LogP contribution in [0.3, 0.4) is 0 Å². The van der Waals surface area contributed by atoms with Crippen LogP contribution in [0.5, 0.6) is 5.88 Å². The molecule has 2 heterocycles. The third-order valence-corrected chi connectivity index (χ3v) is 4.13. The van der Waals surface area contributed by atoms with Crippen molar-refractivity contribution in [3.8, 4) is 11.9 Å². The molecule has 0 fully saturated rings. The van der Waals surface area contributed by atoms with Crippen molar-refractivity contribution in [2.24, 2.45) is 5.73 Å². The second kappa shape index (κ2) is 5.50. The fourth-order valence-corrected chi connectivity index (χ4v) is 2.72. The topological polar surface area (TPSA) is 125 Å². The molecule has 0 saturated heterocycles. The van der Waals surface area contributed by atoms with E-state index in [4.69, 9.17) is 33.7 Å². The van der Waals surface area contributed by atoms with Gasteiger partial charge in [0.15, 0.2) is 0 Å². The van der Waals surface area contributed by atoms with E-state index in [1.165, 1.54) is 6.07 Å². The molecule has 9 heteroatoms. The SMILES string of the molecule is N#CC1=C(N)Oc2[nH]c(=O)[nH]c(=O)c2[C@@H]1c1ccc(Cl)c(Cl)c1. The number of halogens is 2. The molecule has 0 saturated carbocycles. The van der Waals surface area contributed by atoms with Crippen LogP contribution in [0.25, 0.3) is 0 Å². The summed E-state index contributed by atoms with van der Waals surface area (Å²) in [7, 11) is 0. The third-order valence-electron chi connectivity index (χ3n) is 3.40. The summed E-state index contributed by atoms with van der Waals surface area (Å²) in [5.41, 5.74) is 4.93. The average molecular weight is 351 g/mol. The van der Waals surface area contributed by atoms with Crippen molar-refractivity contribution < 1.29 is 4.74 Å². The fraction of sp³-hybridized carbons (Fsp3) is 0.0714. The molecule has 3 rings (SSSR count). The van der Waals surface area contributed by atoms with E-state index in [0.717, 1.165) is 0 Å². The van der Waals surface area contributed by atoms with Gasteiger partial charge in [-0.15, -0.1) is 0 Å². The molecule has 0 unspecified atom stereocenters. The van der Waals surface area contributed by atoms with Gasteiger partial charge in [-0.2, -0.15) is 5.26 Å². The van der Waals surface area contributed by atoms with Gasteiger partial charge in [-0.1, -0.05) is 29.3 Å². The lowest BCUT2D eigenvalue weighted by Crippen LogP contribution is -2.33. The highest BCUT2D eigenvalue weighted by Crippen LogP contribution is 2.39. The molecule has 1 aromatic heterocycles. The molecule has 116 valence electrons. The number of nitriles is 1. The molecule has 4 N–H and O–H groups in total. The van der Waals surface area contributed by atoms with Crippen LogP contribution >= 0.6 is 23.2 Å². The molecule has 0 spiro atoms. The molecule has 23 heavy (non-hydrogen) atoms. The Hall–Kier alpha value is -2.69. The molecule has 1 aliphatic heterocycles. The highest BCUT2D eigenvalue weighted by atomic mass is 35.5. The Bertz CT molecular complexity index is 1000. The van der Waals surface area contributed by atoms with Crippen molar-refractivity contribution in [2.45, 2.75) is 5.92 Å². The predicted molar refractivity (Wildman–Crippen MR) is 83.4 cm³/mol. The fourth-order valence-electron chi connectivity index (χ4n) is 2.41. The van der Waals surface area contributed by atoms with Crippen molar-refractivity contribution >= 4 is 23.2 Å². The van der Waals surface area contributed by atoms with Crippen molar-refractivity contribution in [3.63, 3.8) is 0 Å². The predicted octanol–water partition coefficient (Wildman–Crippen LogP) is 1.59. The number of ether oxygens (including phenoxy) is 1. The minimum Gasteiger partial charge on any atom is -0.424 e. The summed E-state index contributed by atoms with van der Waals surface area (Å²) in [6.45, 7) is 0. The highest BCUT2D eigenvalue weighted by Gasteiger charge is 2.34. The van der Waals surface area contributed by atoms with E-state index in [1.54, 1.807) is 12.1 Å². The van der Waals surface area contributed by atoms with E-state index < -0.39 is 17.2 Å². The summed E-state index contributed by atoms with van der Waals surface area (Å²) in [4.78, 5) is 28.1. The van der Waals surface area contributed by atoms with Gasteiger partial charge in [-0.05, 0) is 17.7 Å². The van der Waals surface area contributed by atoms with Crippen LogP contribution < -0.4 is 21.7 Å². The maximum absolute atomic E-state index is 12.2. The number of allylic oxidation sites excluding steroid dienone is 1. The number of nitrogens with one attached hydrogen (secondary N) is 2. The van der Waals surface area contributed by atoms with Crippen LogP contribution in [0.1, 0.15) is 17.0 Å². The summed E-state index contributed by atoms with van der Waals surface area (Å²) in [5.74, 6) is -1.14. The molecular formula is C14H8Cl2N4O3. The van der Waals surface area contributed by atoms with Crippen LogP contribution in [0.4, 0.5) is 0 Å². The smallest absolute Gasteiger partial charge is 0.328 e. The van der Waals surface area contributed by atoms with Gasteiger partial charge in [0.25, 0.3) is 5.56 Å². The summed E-state index contributed by atoms with van der Waals surface area (Å²) in [5, 5.41) is 9.96. The van der Waals surface area contributed by atoms with Crippen LogP contribution in [-0.2, 0) is 0 Å². The first-order chi connectivity index (χ1) is 10.9. The lowest BCUT2D eigenvalue weighted by Gasteiger charge is -2.24. The Balaban J connectivity index is 2.33. The van der Waals surface area contributed by atoms with Gasteiger partial charge in [0, 0.05) is 0 Å². The van der Waals surface area contributed by atoms with Crippen molar-refractivity contribution in [2.75, 3.05) is 0 Å². The number of rotatable bonds is 1. The number of aromatic amines is 2. The van der Waals surface area contributed by atoms with Gasteiger partial charge in [0.05, 0.1) is 21.5 Å². The first-order valence-electron chi connectivity index (χ1n) is 6.31. The summed E-state index contributed by atoms with van der Waals surface area (Å²) < 4.78 is 5.20. The maximum atomic E-state index is 12.2. The minimum absolute atomic E-state index is 0.0356. The first-order valence-corrected chi connectivity index (χ1v) is 7.07. The number of benzene rings is 1. The van der Waals surface area contributed by atoms with Gasteiger partial charge in [-0.25, -0.2) is 4.79 Å². The first kappa shape index (κ1) is 15.2. The van der Waals surface area contributed by atoms with Gasteiger partial charge in [0.1, 0.15) is 11.6 Å². The number of hydrogen-bond acceptors (Lipinski definition) is 5. The highest BCUT2D eigenvalue weighted by molar-refractivity contribution is 6.42. The lowest BCUT2D eigenvalue weighted by molar-refractivity contribution is 0.373. The van der Waals surface area contributed by atoms with E-state index in [0.29, 0.717) is 10.6 Å². The third kappa shape index (κ3) is 2.48. The Labute approximate surface area is 138 Å². The number of nitrogens with zero attached hydrogens (tertiary/aromatic N) is 1. The zero-order chi connectivity index (χ0) is 16.7. The van der Waals surface area contributed by atoms with Crippen LogP contribution in [0.2, 0.25) is 10.0 Å². The van der Waals surface area contributed by atoms with Crippen LogP contribution in [0.15, 0.2) is 39.2 Å². The van der Waals surface area contributed by atoms with E-state index in [1.807, 2.05) is 6.07 Å². The quantitative estimate of drug-likeness (QED) is 0.720. The molecule has 1 aromatic carbocycles. The van der Waals surface area contributed by atoms with E-state index in [2.05, 4.69) is 9.97 Å². The van der Waals surface area contributed by atoms with E-state index in [9.17, 15) is 14.9 Å². The number of fused-ring (bicyclic) bond motifs is 1. The molecule has 1 atom stereocenters. The molecule has 0 radical (unpaired) electrons. The number of aromatic nitrogens is 2.